The maximum atomic E-state index is 11.7. The third kappa shape index (κ3) is 1.98. The summed E-state index contributed by atoms with van der Waals surface area (Å²) in [5.74, 6) is 0.0916. The summed E-state index contributed by atoms with van der Waals surface area (Å²) in [5.41, 5.74) is 5.92. The fourth-order valence-corrected chi connectivity index (χ4v) is 2.23. The molecule has 1 aromatic heterocycles. The first-order valence-electron chi connectivity index (χ1n) is 4.80. The normalized spacial score (nSPS) is 20.6. The Bertz CT molecular complexity index is 406. The molecular formula is C9H10Cl2N4O. The van der Waals surface area contributed by atoms with Gasteiger partial charge in [0.1, 0.15) is 12.0 Å². The minimum atomic E-state index is -0.0472. The first kappa shape index (κ1) is 11.6. The molecule has 1 unspecified atom stereocenters. The summed E-state index contributed by atoms with van der Waals surface area (Å²) in [4.78, 5) is 20.9. The number of hydrogen-bond donors (Lipinski definition) is 1. The lowest BCUT2D eigenvalue weighted by Crippen LogP contribution is -2.26. The molecule has 2 heterocycles. The Morgan fingerprint density at radius 2 is 2.06 bits per heavy atom. The van der Waals surface area contributed by atoms with Gasteiger partial charge < -0.3 is 10.6 Å². The molecular weight excluding hydrogens is 251 g/mol. The van der Waals surface area contributed by atoms with E-state index in [1.807, 2.05) is 0 Å². The molecule has 0 bridgehead atoms. The van der Waals surface area contributed by atoms with Crippen molar-refractivity contribution in [3.63, 3.8) is 0 Å². The van der Waals surface area contributed by atoms with Gasteiger partial charge in [-0.2, -0.15) is 0 Å². The lowest BCUT2D eigenvalue weighted by Gasteiger charge is -2.17. The second-order valence-corrected chi connectivity index (χ2v) is 4.33. The van der Waals surface area contributed by atoms with Gasteiger partial charge in [0.2, 0.25) is 5.91 Å². The van der Waals surface area contributed by atoms with E-state index in [1.165, 1.54) is 11.2 Å². The van der Waals surface area contributed by atoms with E-state index in [1.54, 1.807) is 0 Å². The number of rotatable bonds is 2. The molecule has 1 aliphatic heterocycles. The van der Waals surface area contributed by atoms with E-state index in [4.69, 9.17) is 28.9 Å². The number of nitrogens with zero attached hydrogens (tertiary/aromatic N) is 3. The Kier molecular flexibility index (Phi) is 3.28. The van der Waals surface area contributed by atoms with Crippen molar-refractivity contribution in [1.82, 2.24) is 9.97 Å². The highest BCUT2D eigenvalue weighted by molar-refractivity contribution is 6.38. The zero-order valence-electron chi connectivity index (χ0n) is 8.36. The highest BCUT2D eigenvalue weighted by atomic mass is 35.5. The lowest BCUT2D eigenvalue weighted by molar-refractivity contribution is -0.117. The summed E-state index contributed by atoms with van der Waals surface area (Å²) in [5, 5.41) is 0.372. The fraction of sp³-hybridized carbons (Fsp3) is 0.444. The molecule has 2 N–H and O–H groups in total. The summed E-state index contributed by atoms with van der Waals surface area (Å²) >= 11 is 11.8. The van der Waals surface area contributed by atoms with Gasteiger partial charge in [-0.25, -0.2) is 9.97 Å². The van der Waals surface area contributed by atoms with Crippen molar-refractivity contribution in [2.24, 2.45) is 11.7 Å². The first-order chi connectivity index (χ1) is 7.63. The van der Waals surface area contributed by atoms with Crippen LogP contribution in [0.15, 0.2) is 6.33 Å². The van der Waals surface area contributed by atoms with Gasteiger partial charge >= 0.3 is 0 Å². The van der Waals surface area contributed by atoms with Crippen LogP contribution in [0.3, 0.4) is 0 Å². The van der Waals surface area contributed by atoms with Gasteiger partial charge in [-0.1, -0.05) is 23.2 Å². The van der Waals surface area contributed by atoms with Crippen LogP contribution in [0.1, 0.15) is 6.42 Å². The smallest absolute Gasteiger partial charge is 0.227 e. The SMILES string of the molecule is NCC1CC(=O)N(c2c(Cl)ncnc2Cl)C1. The molecule has 1 saturated heterocycles. The van der Waals surface area contributed by atoms with Crippen molar-refractivity contribution in [3.05, 3.63) is 16.6 Å². The monoisotopic (exact) mass is 260 g/mol. The molecule has 7 heteroatoms. The quantitative estimate of drug-likeness (QED) is 0.809. The molecule has 0 spiro atoms. The molecule has 1 fully saturated rings. The minimum absolute atomic E-state index is 0.0472. The molecule has 86 valence electrons. The van der Waals surface area contributed by atoms with Crippen LogP contribution in [-0.2, 0) is 4.79 Å². The van der Waals surface area contributed by atoms with Crippen molar-refractivity contribution >= 4 is 34.8 Å². The number of halogens is 2. The van der Waals surface area contributed by atoms with Crippen LogP contribution in [0.5, 0.6) is 0 Å². The van der Waals surface area contributed by atoms with Crippen molar-refractivity contribution in [1.29, 1.82) is 0 Å². The Balaban J connectivity index is 2.35. The maximum absolute atomic E-state index is 11.7. The molecule has 1 aromatic rings. The largest absolute Gasteiger partial charge is 0.330 e. The summed E-state index contributed by atoms with van der Waals surface area (Å²) in [6.45, 7) is 0.979. The van der Waals surface area contributed by atoms with Gasteiger partial charge in [-0.05, 0) is 12.5 Å². The van der Waals surface area contributed by atoms with Crippen molar-refractivity contribution in [2.45, 2.75) is 6.42 Å². The number of carbonyl (C=O) groups is 1. The van der Waals surface area contributed by atoms with E-state index in [0.29, 0.717) is 25.2 Å². The number of nitrogens with two attached hydrogens (primary N) is 1. The van der Waals surface area contributed by atoms with Gasteiger partial charge in [0.15, 0.2) is 10.3 Å². The Morgan fingerprint density at radius 3 is 2.56 bits per heavy atom. The topological polar surface area (TPSA) is 72.1 Å². The average molecular weight is 261 g/mol. The van der Waals surface area contributed by atoms with E-state index in [9.17, 15) is 4.79 Å². The molecule has 2 rings (SSSR count). The first-order valence-corrected chi connectivity index (χ1v) is 5.55. The molecule has 0 saturated carbocycles. The predicted octanol–water partition coefficient (Wildman–Crippen LogP) is 1.10. The van der Waals surface area contributed by atoms with E-state index in [0.717, 1.165) is 0 Å². The zero-order chi connectivity index (χ0) is 11.7. The Hall–Kier alpha value is -0.910. The van der Waals surface area contributed by atoms with E-state index in [2.05, 4.69) is 9.97 Å². The number of carbonyl (C=O) groups excluding carboxylic acids is 1. The number of amides is 1. The molecule has 1 aliphatic rings. The molecule has 16 heavy (non-hydrogen) atoms. The van der Waals surface area contributed by atoms with Gasteiger partial charge in [0.25, 0.3) is 0 Å². The summed E-state index contributed by atoms with van der Waals surface area (Å²) < 4.78 is 0. The molecule has 0 radical (unpaired) electrons. The molecule has 1 amide bonds. The van der Waals surface area contributed by atoms with Crippen LogP contribution in [0.25, 0.3) is 0 Å². The maximum Gasteiger partial charge on any atom is 0.227 e. The fourth-order valence-electron chi connectivity index (χ4n) is 1.72. The second kappa shape index (κ2) is 4.53. The average Bonchev–Trinajstić information content (AvgIpc) is 2.60. The summed E-state index contributed by atoms with van der Waals surface area (Å²) in [6, 6.07) is 0. The van der Waals surface area contributed by atoms with E-state index in [-0.39, 0.29) is 22.1 Å². The standard InChI is InChI=1S/C9H10Cl2N4O/c10-8-7(9(11)14-4-13-8)15-3-5(2-12)1-6(15)16/h4-5H,1-3,12H2. The van der Waals surface area contributed by atoms with Crippen molar-refractivity contribution in [2.75, 3.05) is 18.0 Å². The third-order valence-electron chi connectivity index (χ3n) is 2.54. The summed E-state index contributed by atoms with van der Waals surface area (Å²) in [7, 11) is 0. The van der Waals surface area contributed by atoms with Crippen LogP contribution < -0.4 is 10.6 Å². The lowest BCUT2D eigenvalue weighted by atomic mass is 10.1. The van der Waals surface area contributed by atoms with Crippen LogP contribution in [0.2, 0.25) is 10.3 Å². The summed E-state index contributed by atoms with van der Waals surface area (Å²) in [6.07, 6.45) is 1.67. The second-order valence-electron chi connectivity index (χ2n) is 3.61. The van der Waals surface area contributed by atoms with Crippen LogP contribution in [0, 0.1) is 5.92 Å². The predicted molar refractivity (Wildman–Crippen MR) is 61.6 cm³/mol. The number of anilines is 1. The van der Waals surface area contributed by atoms with E-state index >= 15 is 0 Å². The Labute approximate surface area is 103 Å². The van der Waals surface area contributed by atoms with Crippen LogP contribution in [-0.4, -0.2) is 29.0 Å². The third-order valence-corrected chi connectivity index (χ3v) is 3.09. The van der Waals surface area contributed by atoms with Crippen molar-refractivity contribution in [3.8, 4) is 0 Å². The number of aromatic nitrogens is 2. The Morgan fingerprint density at radius 1 is 1.44 bits per heavy atom. The van der Waals surface area contributed by atoms with Gasteiger partial charge in [-0.15, -0.1) is 0 Å². The van der Waals surface area contributed by atoms with Crippen LogP contribution >= 0.6 is 23.2 Å². The number of hydrogen-bond acceptors (Lipinski definition) is 4. The zero-order valence-corrected chi connectivity index (χ0v) is 9.87. The van der Waals surface area contributed by atoms with E-state index < -0.39 is 0 Å². The van der Waals surface area contributed by atoms with Crippen molar-refractivity contribution < 1.29 is 4.79 Å². The van der Waals surface area contributed by atoms with Gasteiger partial charge in [-0.3, -0.25) is 4.79 Å². The van der Waals surface area contributed by atoms with Crippen LogP contribution in [0.4, 0.5) is 5.69 Å². The highest BCUT2D eigenvalue weighted by Gasteiger charge is 2.32. The molecule has 0 aliphatic carbocycles. The molecule has 5 nitrogen and oxygen atoms in total. The van der Waals surface area contributed by atoms with Gasteiger partial charge in [0.05, 0.1) is 0 Å². The minimum Gasteiger partial charge on any atom is -0.330 e. The highest BCUT2D eigenvalue weighted by Crippen LogP contribution is 2.34. The molecule has 1 atom stereocenters. The molecule has 0 aromatic carbocycles. The van der Waals surface area contributed by atoms with Gasteiger partial charge in [0, 0.05) is 13.0 Å².